The van der Waals surface area contributed by atoms with Crippen molar-refractivity contribution >= 4 is 33.7 Å². The molecular weight excluding hydrogens is 721 g/mol. The summed E-state index contributed by atoms with van der Waals surface area (Å²) < 4.78 is 16.3. The zero-order chi connectivity index (χ0) is 38.9. The van der Waals surface area contributed by atoms with E-state index in [1.54, 1.807) is 0 Å². The number of ether oxygens (including phenoxy) is 2. The van der Waals surface area contributed by atoms with Crippen molar-refractivity contribution < 1.29 is 14.6 Å². The van der Waals surface area contributed by atoms with Crippen molar-refractivity contribution in [2.24, 2.45) is 0 Å². The van der Waals surface area contributed by atoms with E-state index in [-0.39, 0.29) is 0 Å². The van der Waals surface area contributed by atoms with Gasteiger partial charge in [-0.2, -0.15) is 10.2 Å². The molecule has 57 heavy (non-hydrogen) atoms. The zero-order valence-electron chi connectivity index (χ0n) is 33.7. The molecule has 6 aliphatic heterocycles. The molecule has 0 aliphatic carbocycles. The topological polar surface area (TPSA) is 148 Å². The summed E-state index contributed by atoms with van der Waals surface area (Å²) in [6.07, 6.45) is 14.4. The Morgan fingerprint density at radius 1 is 0.614 bits per heavy atom. The van der Waals surface area contributed by atoms with Crippen LogP contribution in [0, 0.1) is 13.8 Å². The summed E-state index contributed by atoms with van der Waals surface area (Å²) in [5.74, 6) is 3.73. The van der Waals surface area contributed by atoms with Crippen LogP contribution in [0.25, 0.3) is 22.1 Å². The van der Waals surface area contributed by atoms with Gasteiger partial charge in [-0.25, -0.2) is 29.3 Å². The van der Waals surface area contributed by atoms with Crippen LogP contribution in [0.15, 0.2) is 42.7 Å². The number of aromatic nitrogens is 8. The Balaban J connectivity index is 0.000000146. The minimum Gasteiger partial charge on any atom is -0.400 e. The standard InChI is InChI=1S/C24H30N6O.C17H24N6O.CH4O/c1-17-26-23(29-15-20-7-8-21(16-29)31-20)22-13-25-30(24(22)27-17)19-9-11-28(12-10-19)14-18-5-3-2-4-6-18;1-11-20-16(22-9-13-2-3-14(10-22)24-13)15-8-19-23(17(15)21-11)12-4-6-18-7-5-12;1-2/h2-6,13,19-21H,7-12,14-16H2,1H3;8,12-14,18H,2-7,9-10H2,1H3;2H,1H3. The molecule has 4 atom stereocenters. The third kappa shape index (κ3) is 8.09. The van der Waals surface area contributed by atoms with E-state index in [0.29, 0.717) is 36.5 Å². The molecule has 0 saturated carbocycles. The van der Waals surface area contributed by atoms with Crippen molar-refractivity contribution in [3.63, 3.8) is 0 Å². The Kier molecular flexibility index (Phi) is 11.3. The van der Waals surface area contributed by atoms with Crippen LogP contribution in [0.1, 0.15) is 80.7 Å². The quantitative estimate of drug-likeness (QED) is 0.252. The van der Waals surface area contributed by atoms with Crippen molar-refractivity contribution in [1.82, 2.24) is 49.7 Å². The van der Waals surface area contributed by atoms with Crippen LogP contribution < -0.4 is 15.1 Å². The number of morpholine rings is 2. The molecule has 6 saturated heterocycles. The monoisotopic (exact) mass is 778 g/mol. The number of hydrogen-bond acceptors (Lipinski definition) is 13. The van der Waals surface area contributed by atoms with Crippen LogP contribution in [-0.4, -0.2) is 133 Å². The van der Waals surface area contributed by atoms with E-state index < -0.39 is 0 Å². The third-order valence-corrected chi connectivity index (χ3v) is 12.6. The Morgan fingerprint density at radius 3 is 1.54 bits per heavy atom. The second-order valence-electron chi connectivity index (χ2n) is 16.5. The highest BCUT2D eigenvalue weighted by Gasteiger charge is 2.37. The van der Waals surface area contributed by atoms with Crippen LogP contribution >= 0.6 is 0 Å². The van der Waals surface area contributed by atoms with Crippen molar-refractivity contribution in [2.75, 3.05) is 69.3 Å². The molecule has 4 aromatic heterocycles. The van der Waals surface area contributed by atoms with Crippen LogP contribution in [0.2, 0.25) is 0 Å². The van der Waals surface area contributed by atoms with Gasteiger partial charge in [-0.3, -0.25) is 4.90 Å². The van der Waals surface area contributed by atoms with Gasteiger partial charge in [-0.15, -0.1) is 0 Å². The first kappa shape index (κ1) is 38.2. The molecule has 4 bridgehead atoms. The Bertz CT molecular complexity index is 2090. The van der Waals surface area contributed by atoms with E-state index in [0.717, 1.165) is 150 Å². The predicted octanol–water partition coefficient (Wildman–Crippen LogP) is 4.37. The van der Waals surface area contributed by atoms with Crippen LogP contribution in [-0.2, 0) is 16.0 Å². The average Bonchev–Trinajstić information content (AvgIpc) is 4.04. The molecule has 5 aromatic rings. The molecule has 15 nitrogen and oxygen atoms in total. The molecule has 10 heterocycles. The first-order valence-electron chi connectivity index (χ1n) is 21.2. The molecule has 15 heteroatoms. The van der Waals surface area contributed by atoms with E-state index in [1.807, 2.05) is 26.2 Å². The zero-order valence-corrected chi connectivity index (χ0v) is 33.7. The summed E-state index contributed by atoms with van der Waals surface area (Å²) in [6, 6.07) is 11.6. The summed E-state index contributed by atoms with van der Waals surface area (Å²) in [5.41, 5.74) is 3.36. The molecule has 304 valence electrons. The summed E-state index contributed by atoms with van der Waals surface area (Å²) >= 11 is 0. The first-order chi connectivity index (χ1) is 28.0. The van der Waals surface area contributed by atoms with E-state index in [1.165, 1.54) is 18.4 Å². The fourth-order valence-corrected chi connectivity index (χ4v) is 9.84. The molecule has 0 amide bonds. The van der Waals surface area contributed by atoms with Gasteiger partial charge >= 0.3 is 0 Å². The number of aryl methyl sites for hydroxylation is 2. The summed E-state index contributed by atoms with van der Waals surface area (Å²) in [7, 11) is 1.00. The lowest BCUT2D eigenvalue weighted by Crippen LogP contribution is -2.43. The SMILES string of the molecule is CO.Cc1nc(N2CC3CCC(C2)O3)c2cnn(C3CCN(Cc4ccccc4)CC3)c2n1.Cc1nc(N2CC3CCC(C2)O3)c2cnn(C3CCNCC3)c2n1. The molecule has 0 radical (unpaired) electrons. The molecule has 2 N–H and O–H groups in total. The highest BCUT2D eigenvalue weighted by Crippen LogP contribution is 2.35. The lowest BCUT2D eigenvalue weighted by Gasteiger charge is -2.33. The molecule has 4 unspecified atom stereocenters. The van der Waals surface area contributed by atoms with Gasteiger partial charge in [0.1, 0.15) is 23.3 Å². The molecule has 11 rings (SSSR count). The van der Waals surface area contributed by atoms with Gasteiger partial charge < -0.3 is 29.7 Å². The summed E-state index contributed by atoms with van der Waals surface area (Å²) in [5, 5.41) is 22.1. The van der Waals surface area contributed by atoms with Crippen LogP contribution in [0.3, 0.4) is 0 Å². The van der Waals surface area contributed by atoms with Gasteiger partial charge in [-0.1, -0.05) is 30.3 Å². The minimum atomic E-state index is 0.341. The highest BCUT2D eigenvalue weighted by atomic mass is 16.5. The number of nitrogens with one attached hydrogen (secondary N) is 1. The fourth-order valence-electron chi connectivity index (χ4n) is 9.84. The number of benzene rings is 1. The Hall–Kier alpha value is -4.28. The normalized spacial score (nSPS) is 25.4. The number of nitrogens with zero attached hydrogens (tertiary/aromatic N) is 11. The molecule has 6 fully saturated rings. The number of piperidine rings is 2. The number of hydrogen-bond donors (Lipinski definition) is 2. The fraction of sp³-hybridized carbons (Fsp3) is 0.619. The van der Waals surface area contributed by atoms with Crippen molar-refractivity contribution in [2.45, 2.75) is 108 Å². The van der Waals surface area contributed by atoms with Crippen LogP contribution in [0.4, 0.5) is 11.6 Å². The van der Waals surface area contributed by atoms with E-state index >= 15 is 0 Å². The molecule has 0 spiro atoms. The van der Waals surface area contributed by atoms with Gasteiger partial charge in [-0.05, 0) is 83.9 Å². The van der Waals surface area contributed by atoms with Crippen molar-refractivity contribution in [3.05, 3.63) is 59.9 Å². The smallest absolute Gasteiger partial charge is 0.163 e. The third-order valence-electron chi connectivity index (χ3n) is 12.6. The second-order valence-corrected chi connectivity index (χ2v) is 16.5. The minimum absolute atomic E-state index is 0.341. The summed E-state index contributed by atoms with van der Waals surface area (Å²) in [4.78, 5) is 26.5. The van der Waals surface area contributed by atoms with Gasteiger partial charge in [0, 0.05) is 52.9 Å². The van der Waals surface area contributed by atoms with E-state index in [4.69, 9.17) is 44.7 Å². The molecular formula is C42H58N12O3. The maximum Gasteiger partial charge on any atom is 0.163 e. The van der Waals surface area contributed by atoms with Gasteiger partial charge in [0.25, 0.3) is 0 Å². The van der Waals surface area contributed by atoms with Gasteiger partial charge in [0.15, 0.2) is 11.3 Å². The largest absolute Gasteiger partial charge is 0.400 e. The van der Waals surface area contributed by atoms with E-state index in [2.05, 4.69) is 59.7 Å². The average molecular weight is 779 g/mol. The number of aliphatic hydroxyl groups excluding tert-OH is 1. The maximum atomic E-state index is 7.00. The van der Waals surface area contributed by atoms with Crippen LogP contribution in [0.5, 0.6) is 0 Å². The number of anilines is 2. The molecule has 1 aromatic carbocycles. The first-order valence-corrected chi connectivity index (χ1v) is 21.2. The van der Waals surface area contributed by atoms with Crippen molar-refractivity contribution in [3.8, 4) is 0 Å². The Labute approximate surface area is 334 Å². The highest BCUT2D eigenvalue weighted by molar-refractivity contribution is 5.88. The number of aliphatic hydroxyl groups is 1. The molecule has 6 aliphatic rings. The van der Waals surface area contributed by atoms with E-state index in [9.17, 15) is 0 Å². The van der Waals surface area contributed by atoms with Crippen molar-refractivity contribution in [1.29, 1.82) is 0 Å². The van der Waals surface area contributed by atoms with Gasteiger partial charge in [0.2, 0.25) is 0 Å². The lowest BCUT2D eigenvalue weighted by molar-refractivity contribution is 0.0301. The van der Waals surface area contributed by atoms with Gasteiger partial charge in [0.05, 0.1) is 59.7 Å². The predicted molar refractivity (Wildman–Crippen MR) is 220 cm³/mol. The number of rotatable bonds is 6. The summed E-state index contributed by atoms with van der Waals surface area (Å²) in [6.45, 7) is 13.0. The number of fused-ring (bicyclic) bond motifs is 6. The second kappa shape index (κ2) is 16.9. The number of likely N-dealkylation sites (tertiary alicyclic amines) is 1. The Morgan fingerprint density at radius 2 is 1.07 bits per heavy atom. The maximum absolute atomic E-state index is 7.00. The lowest BCUT2D eigenvalue weighted by atomic mass is 10.0.